The van der Waals surface area contributed by atoms with E-state index >= 15 is 0 Å². The molecule has 2 aromatic heterocycles. The molecule has 162 valence electrons. The summed E-state index contributed by atoms with van der Waals surface area (Å²) in [7, 11) is 0. The van der Waals surface area contributed by atoms with Gasteiger partial charge in [-0.05, 0) is 48.9 Å². The van der Waals surface area contributed by atoms with Crippen LogP contribution in [0, 0.1) is 12.7 Å². The molecule has 0 unspecified atom stereocenters. The van der Waals surface area contributed by atoms with Crippen molar-refractivity contribution in [1.29, 1.82) is 0 Å². The highest BCUT2D eigenvalue weighted by atomic mass is 32.1. The number of aromatic nitrogens is 2. The quantitative estimate of drug-likeness (QED) is 0.445. The second-order valence-electron chi connectivity index (χ2n) is 7.85. The van der Waals surface area contributed by atoms with Crippen molar-refractivity contribution in [3.63, 3.8) is 0 Å². The minimum atomic E-state index is -0.317. The molecule has 0 radical (unpaired) electrons. The van der Waals surface area contributed by atoms with Gasteiger partial charge in [0.2, 0.25) is 0 Å². The second kappa shape index (κ2) is 8.76. The molecule has 4 aromatic rings. The van der Waals surface area contributed by atoms with E-state index in [0.717, 1.165) is 26.6 Å². The maximum atomic E-state index is 14.0. The molecule has 1 aliphatic heterocycles. The molecule has 0 aliphatic carbocycles. The largest absolute Gasteiger partial charge is 0.368 e. The lowest BCUT2D eigenvalue weighted by atomic mass is 10.1. The van der Waals surface area contributed by atoms with Crippen molar-refractivity contribution in [2.45, 2.75) is 19.4 Å². The normalized spacial score (nSPS) is 16.4. The summed E-state index contributed by atoms with van der Waals surface area (Å²) in [5, 5.41) is 0.984. The lowest BCUT2D eigenvalue weighted by molar-refractivity contribution is -0.0247. The van der Waals surface area contributed by atoms with Crippen LogP contribution in [0.3, 0.4) is 0 Å². The summed E-state index contributed by atoms with van der Waals surface area (Å²) in [6.07, 6.45) is 0.0899. The Kier molecular flexibility index (Phi) is 5.68. The number of hydrogen-bond acceptors (Lipinski definition) is 5. The zero-order valence-electron chi connectivity index (χ0n) is 17.6. The summed E-state index contributed by atoms with van der Waals surface area (Å²) in [5.41, 5.74) is 3.70. The van der Waals surface area contributed by atoms with Gasteiger partial charge in [-0.2, -0.15) is 0 Å². The number of rotatable bonds is 4. The fraction of sp³-hybridized carbons (Fsp3) is 0.240. The van der Waals surface area contributed by atoms with E-state index in [1.165, 1.54) is 6.07 Å². The van der Waals surface area contributed by atoms with E-state index in [2.05, 4.69) is 4.98 Å². The van der Waals surface area contributed by atoms with Crippen molar-refractivity contribution in [3.8, 4) is 0 Å². The lowest BCUT2D eigenvalue weighted by Crippen LogP contribution is -2.42. The smallest absolute Gasteiger partial charge is 0.254 e. The fourth-order valence-electron chi connectivity index (χ4n) is 3.98. The van der Waals surface area contributed by atoms with E-state index in [1.807, 2.05) is 54.3 Å². The molecule has 5 nitrogen and oxygen atoms in total. The van der Waals surface area contributed by atoms with Gasteiger partial charge in [-0.15, -0.1) is 11.3 Å². The fourth-order valence-corrected chi connectivity index (χ4v) is 4.85. The maximum absolute atomic E-state index is 14.0. The minimum absolute atomic E-state index is 0.0197. The summed E-state index contributed by atoms with van der Waals surface area (Å²) in [5.74, 6) is -0.257. The van der Waals surface area contributed by atoms with Crippen molar-refractivity contribution in [1.82, 2.24) is 14.9 Å². The summed E-state index contributed by atoms with van der Waals surface area (Å²) in [6.45, 7) is 3.36. The van der Waals surface area contributed by atoms with E-state index in [-0.39, 0.29) is 17.8 Å². The Morgan fingerprint density at radius 2 is 2.03 bits per heavy atom. The van der Waals surface area contributed by atoms with Crippen LogP contribution in [0.25, 0.3) is 10.2 Å². The Hall–Kier alpha value is -3.16. The van der Waals surface area contributed by atoms with Crippen LogP contribution >= 0.6 is 11.3 Å². The lowest BCUT2D eigenvalue weighted by Gasteiger charge is -2.33. The Morgan fingerprint density at radius 3 is 2.91 bits per heavy atom. The number of aryl methyl sites for hydroxylation is 1. The number of morpholine rings is 1. The summed E-state index contributed by atoms with van der Waals surface area (Å²) >= 11 is 1.59. The number of fused-ring (bicyclic) bond motifs is 1. The number of hydrogen-bond donors (Lipinski definition) is 0. The predicted octanol–water partition coefficient (Wildman–Crippen LogP) is 4.94. The molecule has 0 spiro atoms. The molecule has 1 saturated heterocycles. The highest BCUT2D eigenvalue weighted by molar-refractivity contribution is 7.18. The first kappa shape index (κ1) is 20.7. The summed E-state index contributed by atoms with van der Waals surface area (Å²) < 4.78 is 21.0. The van der Waals surface area contributed by atoms with E-state index in [0.29, 0.717) is 37.2 Å². The number of ether oxygens (including phenoxy) is 1. The number of halogens is 1. The Balaban J connectivity index is 1.33. The molecular weight excluding hydrogens is 425 g/mol. The molecule has 1 aliphatic rings. The third-order valence-corrected chi connectivity index (χ3v) is 6.52. The van der Waals surface area contributed by atoms with Gasteiger partial charge < -0.3 is 9.64 Å². The molecule has 0 bridgehead atoms. The first-order valence-electron chi connectivity index (χ1n) is 10.5. The number of carbonyl (C=O) groups excluding carboxylic acids is 1. The van der Waals surface area contributed by atoms with Crippen LogP contribution < -0.4 is 0 Å². The van der Waals surface area contributed by atoms with Crippen molar-refractivity contribution in [3.05, 3.63) is 94.0 Å². The number of carbonyl (C=O) groups is 1. The van der Waals surface area contributed by atoms with Crippen molar-refractivity contribution in [2.75, 3.05) is 19.7 Å². The third-order valence-electron chi connectivity index (χ3n) is 5.58. The van der Waals surface area contributed by atoms with Crippen LogP contribution in [0.15, 0.2) is 60.7 Å². The van der Waals surface area contributed by atoms with Crippen molar-refractivity contribution >= 4 is 27.5 Å². The molecule has 3 heterocycles. The van der Waals surface area contributed by atoms with E-state index in [1.54, 1.807) is 23.5 Å². The maximum Gasteiger partial charge on any atom is 0.254 e. The van der Waals surface area contributed by atoms with Crippen LogP contribution in [0.2, 0.25) is 0 Å². The van der Waals surface area contributed by atoms with E-state index in [9.17, 15) is 9.18 Å². The van der Waals surface area contributed by atoms with Gasteiger partial charge in [0.25, 0.3) is 5.91 Å². The zero-order chi connectivity index (χ0) is 22.1. The predicted molar refractivity (Wildman–Crippen MR) is 122 cm³/mol. The number of thiazole rings is 1. The SMILES string of the molecule is Cc1nc2ccc(C(=O)N3CCO[C@H](c4cccc(Cc5ccccc5F)n4)C3)cc2s1. The van der Waals surface area contributed by atoms with Gasteiger partial charge in [0, 0.05) is 24.2 Å². The average Bonchev–Trinajstić information content (AvgIpc) is 3.19. The highest BCUT2D eigenvalue weighted by Gasteiger charge is 2.27. The molecule has 7 heteroatoms. The van der Waals surface area contributed by atoms with Gasteiger partial charge in [0.05, 0.1) is 34.1 Å². The van der Waals surface area contributed by atoms with Crippen molar-refractivity contribution in [2.24, 2.45) is 0 Å². The first-order chi connectivity index (χ1) is 15.6. The van der Waals surface area contributed by atoms with Crippen LogP contribution in [-0.4, -0.2) is 40.5 Å². The van der Waals surface area contributed by atoms with Gasteiger partial charge >= 0.3 is 0 Å². The number of nitrogens with zero attached hydrogens (tertiary/aromatic N) is 3. The molecule has 1 fully saturated rings. The van der Waals surface area contributed by atoms with Gasteiger partial charge in [0.15, 0.2) is 0 Å². The number of pyridine rings is 1. The number of amides is 1. The summed E-state index contributed by atoms with van der Waals surface area (Å²) in [4.78, 5) is 24.1. The van der Waals surface area contributed by atoms with Crippen LogP contribution in [0.4, 0.5) is 4.39 Å². The highest BCUT2D eigenvalue weighted by Crippen LogP contribution is 2.26. The van der Waals surface area contributed by atoms with Crippen LogP contribution in [0.5, 0.6) is 0 Å². The summed E-state index contributed by atoms with van der Waals surface area (Å²) in [6, 6.07) is 18.1. The molecular formula is C25H22FN3O2S. The van der Waals surface area contributed by atoms with Crippen LogP contribution in [0.1, 0.15) is 38.4 Å². The Labute approximate surface area is 189 Å². The molecule has 0 saturated carbocycles. The topological polar surface area (TPSA) is 55.3 Å². The van der Waals surface area contributed by atoms with Crippen LogP contribution in [-0.2, 0) is 11.2 Å². The molecule has 32 heavy (non-hydrogen) atoms. The Morgan fingerprint density at radius 1 is 1.16 bits per heavy atom. The molecule has 1 amide bonds. The number of benzene rings is 2. The van der Waals surface area contributed by atoms with Crippen molar-refractivity contribution < 1.29 is 13.9 Å². The van der Waals surface area contributed by atoms with E-state index in [4.69, 9.17) is 9.72 Å². The third kappa shape index (κ3) is 4.26. The minimum Gasteiger partial charge on any atom is -0.368 e. The van der Waals surface area contributed by atoms with E-state index < -0.39 is 0 Å². The van der Waals surface area contributed by atoms with Gasteiger partial charge in [-0.25, -0.2) is 9.37 Å². The molecule has 2 aromatic carbocycles. The van der Waals surface area contributed by atoms with Gasteiger partial charge in [-0.3, -0.25) is 9.78 Å². The van der Waals surface area contributed by atoms with Gasteiger partial charge in [0.1, 0.15) is 11.9 Å². The second-order valence-corrected chi connectivity index (χ2v) is 9.08. The molecule has 5 rings (SSSR count). The first-order valence-corrected chi connectivity index (χ1v) is 11.4. The van der Waals surface area contributed by atoms with Gasteiger partial charge in [-0.1, -0.05) is 24.3 Å². The Bertz CT molecular complexity index is 1290. The average molecular weight is 448 g/mol. The zero-order valence-corrected chi connectivity index (χ0v) is 18.4. The monoisotopic (exact) mass is 447 g/mol. The standard InChI is InChI=1S/C25H22FN3O2S/c1-16-27-22-10-9-18(14-24(22)32-16)25(30)29-11-12-31-23(15-29)21-8-4-6-19(28-21)13-17-5-2-3-7-20(17)26/h2-10,14,23H,11-13,15H2,1H3/t23-/m0/s1. The molecule has 0 N–H and O–H groups in total. The molecule has 1 atom stereocenters.